The van der Waals surface area contributed by atoms with Gasteiger partial charge in [0, 0.05) is 38.4 Å². The highest BCUT2D eigenvalue weighted by Gasteiger charge is 2.21. The number of carbonyl (C=O) groups is 1. The maximum Gasteiger partial charge on any atom is 0.223 e. The summed E-state index contributed by atoms with van der Waals surface area (Å²) < 4.78 is 1.25. The molecule has 22 heavy (non-hydrogen) atoms. The largest absolute Gasteiger partial charge is 0.340 e. The Labute approximate surface area is 139 Å². The lowest BCUT2D eigenvalue weighted by Crippen LogP contribution is -2.48. The van der Waals surface area contributed by atoms with Crippen LogP contribution in [-0.4, -0.2) is 58.9 Å². The van der Waals surface area contributed by atoms with Crippen LogP contribution in [0.2, 0.25) is 0 Å². The minimum Gasteiger partial charge on any atom is -0.340 e. The maximum atomic E-state index is 12.0. The molecule has 1 aromatic carbocycles. The number of hydrogen-bond donors (Lipinski definition) is 0. The summed E-state index contributed by atoms with van der Waals surface area (Å²) in [5.74, 6) is 1.22. The van der Waals surface area contributed by atoms with Gasteiger partial charge in [-0.3, -0.25) is 9.69 Å². The minimum absolute atomic E-state index is 0.300. The number of thioether (sulfide) groups is 1. The molecule has 1 fully saturated rings. The van der Waals surface area contributed by atoms with Crippen molar-refractivity contribution in [1.29, 1.82) is 0 Å². The number of amides is 1. The average Bonchev–Trinajstić information content (AvgIpc) is 2.95. The van der Waals surface area contributed by atoms with E-state index in [0.717, 1.165) is 44.0 Å². The van der Waals surface area contributed by atoms with Crippen molar-refractivity contribution in [2.75, 3.05) is 38.2 Å². The van der Waals surface area contributed by atoms with E-state index >= 15 is 0 Å². The summed E-state index contributed by atoms with van der Waals surface area (Å²) in [5, 5.41) is 1.17. The van der Waals surface area contributed by atoms with E-state index in [4.69, 9.17) is 4.98 Å². The number of fused-ring (bicyclic) bond motifs is 1. The zero-order chi connectivity index (χ0) is 15.4. The first kappa shape index (κ1) is 15.8. The third-order valence-corrected chi connectivity index (χ3v) is 5.58. The summed E-state index contributed by atoms with van der Waals surface area (Å²) in [7, 11) is 0. The van der Waals surface area contributed by atoms with Crippen molar-refractivity contribution < 1.29 is 4.79 Å². The molecular weight excluding hydrogens is 314 g/mol. The second-order valence-corrected chi connectivity index (χ2v) is 7.58. The fourth-order valence-electron chi connectivity index (χ4n) is 2.68. The molecule has 0 saturated carbocycles. The first-order chi connectivity index (χ1) is 10.8. The smallest absolute Gasteiger partial charge is 0.223 e. The first-order valence-corrected chi connectivity index (χ1v) is 9.81. The fraction of sp³-hybridized carbons (Fsp3) is 0.500. The van der Waals surface area contributed by atoms with Gasteiger partial charge in [-0.1, -0.05) is 12.1 Å². The van der Waals surface area contributed by atoms with Crippen LogP contribution in [0.25, 0.3) is 10.2 Å². The molecule has 0 spiro atoms. The van der Waals surface area contributed by atoms with Crippen molar-refractivity contribution in [3.63, 3.8) is 0 Å². The molecule has 2 aromatic rings. The third-order valence-electron chi connectivity index (χ3n) is 3.94. The van der Waals surface area contributed by atoms with Crippen LogP contribution < -0.4 is 0 Å². The molecule has 0 radical (unpaired) electrons. The van der Waals surface area contributed by atoms with Crippen molar-refractivity contribution >= 4 is 39.2 Å². The van der Waals surface area contributed by atoms with Gasteiger partial charge >= 0.3 is 0 Å². The zero-order valence-electron chi connectivity index (χ0n) is 12.8. The number of aromatic nitrogens is 1. The van der Waals surface area contributed by atoms with Gasteiger partial charge in [0.2, 0.25) is 5.91 Å². The van der Waals surface area contributed by atoms with Gasteiger partial charge in [0.05, 0.1) is 16.8 Å². The molecule has 1 aromatic heterocycles. The Morgan fingerprint density at radius 2 is 2.05 bits per heavy atom. The van der Waals surface area contributed by atoms with Crippen molar-refractivity contribution in [2.24, 2.45) is 0 Å². The van der Waals surface area contributed by atoms with Gasteiger partial charge in [-0.15, -0.1) is 11.3 Å². The number of thiazole rings is 1. The highest BCUT2D eigenvalue weighted by atomic mass is 32.2. The van der Waals surface area contributed by atoms with Gasteiger partial charge in [-0.2, -0.15) is 11.8 Å². The summed E-state index contributed by atoms with van der Waals surface area (Å²) >= 11 is 3.51. The molecule has 118 valence electrons. The maximum absolute atomic E-state index is 12.0. The third kappa shape index (κ3) is 3.80. The Morgan fingerprint density at radius 3 is 2.77 bits per heavy atom. The summed E-state index contributed by atoms with van der Waals surface area (Å²) in [6, 6.07) is 8.28. The molecule has 1 amide bonds. The standard InChI is InChI=1S/C16H21N3OS2/c1-21-11-6-16(20)19-9-7-18(8-10-19)12-15-17-13-4-2-3-5-14(13)22-15/h2-5H,6-12H2,1H3. The Balaban J connectivity index is 1.52. The molecule has 0 aliphatic carbocycles. The summed E-state index contributed by atoms with van der Waals surface area (Å²) in [6.07, 6.45) is 2.71. The minimum atomic E-state index is 0.300. The number of hydrogen-bond acceptors (Lipinski definition) is 5. The predicted molar refractivity (Wildman–Crippen MR) is 94.5 cm³/mol. The molecule has 0 unspecified atom stereocenters. The van der Waals surface area contributed by atoms with Crippen LogP contribution in [0.15, 0.2) is 24.3 Å². The molecule has 0 atom stereocenters. The van der Waals surface area contributed by atoms with Crippen LogP contribution in [0.4, 0.5) is 0 Å². The molecule has 1 aliphatic rings. The molecule has 6 heteroatoms. The van der Waals surface area contributed by atoms with Crippen LogP contribution >= 0.6 is 23.1 Å². The van der Waals surface area contributed by atoms with Gasteiger partial charge in [-0.25, -0.2) is 4.98 Å². The normalized spacial score (nSPS) is 16.3. The predicted octanol–water partition coefficient (Wildman–Crippen LogP) is 2.69. The molecular formula is C16H21N3OS2. The Kier molecular flexibility index (Phi) is 5.33. The molecule has 4 nitrogen and oxygen atoms in total. The van der Waals surface area contributed by atoms with E-state index in [1.165, 1.54) is 9.71 Å². The van der Waals surface area contributed by atoms with Gasteiger partial charge in [0.15, 0.2) is 0 Å². The lowest BCUT2D eigenvalue weighted by atomic mass is 10.3. The highest BCUT2D eigenvalue weighted by molar-refractivity contribution is 7.98. The summed E-state index contributed by atoms with van der Waals surface area (Å²) in [5.41, 5.74) is 1.09. The molecule has 1 saturated heterocycles. The van der Waals surface area contributed by atoms with Gasteiger partial charge in [0.1, 0.15) is 5.01 Å². The fourth-order valence-corrected chi connectivity index (χ4v) is 4.07. The zero-order valence-corrected chi connectivity index (χ0v) is 14.5. The van der Waals surface area contributed by atoms with Crippen LogP contribution in [0, 0.1) is 0 Å². The molecule has 1 aliphatic heterocycles. The number of rotatable bonds is 5. The van der Waals surface area contributed by atoms with E-state index in [2.05, 4.69) is 23.1 Å². The van der Waals surface area contributed by atoms with E-state index in [9.17, 15) is 4.79 Å². The van der Waals surface area contributed by atoms with Gasteiger partial charge in [-0.05, 0) is 18.4 Å². The lowest BCUT2D eigenvalue weighted by Gasteiger charge is -2.34. The summed E-state index contributed by atoms with van der Waals surface area (Å²) in [6.45, 7) is 4.48. The van der Waals surface area contributed by atoms with Crippen molar-refractivity contribution in [1.82, 2.24) is 14.8 Å². The van der Waals surface area contributed by atoms with E-state index in [0.29, 0.717) is 12.3 Å². The summed E-state index contributed by atoms with van der Waals surface area (Å²) in [4.78, 5) is 21.1. The van der Waals surface area contributed by atoms with Crippen LogP contribution in [-0.2, 0) is 11.3 Å². The number of carbonyl (C=O) groups excluding carboxylic acids is 1. The van der Waals surface area contributed by atoms with E-state index in [1.54, 1.807) is 23.1 Å². The van der Waals surface area contributed by atoms with Gasteiger partial charge in [0.25, 0.3) is 0 Å². The van der Waals surface area contributed by atoms with Crippen molar-refractivity contribution in [3.8, 4) is 0 Å². The van der Waals surface area contributed by atoms with Crippen LogP contribution in [0.1, 0.15) is 11.4 Å². The lowest BCUT2D eigenvalue weighted by molar-refractivity contribution is -0.132. The average molecular weight is 335 g/mol. The first-order valence-electron chi connectivity index (χ1n) is 7.60. The Bertz CT molecular complexity index is 602. The SMILES string of the molecule is CSCCC(=O)N1CCN(Cc2nc3ccccc3s2)CC1. The second kappa shape index (κ2) is 7.44. The number of benzene rings is 1. The Morgan fingerprint density at radius 1 is 1.27 bits per heavy atom. The number of nitrogens with zero attached hydrogens (tertiary/aromatic N) is 3. The van der Waals surface area contributed by atoms with Crippen molar-refractivity contribution in [2.45, 2.75) is 13.0 Å². The van der Waals surface area contributed by atoms with E-state index < -0.39 is 0 Å². The van der Waals surface area contributed by atoms with Gasteiger partial charge < -0.3 is 4.90 Å². The topological polar surface area (TPSA) is 36.4 Å². The van der Waals surface area contributed by atoms with Crippen LogP contribution in [0.3, 0.4) is 0 Å². The molecule has 3 rings (SSSR count). The molecule has 0 N–H and O–H groups in total. The van der Waals surface area contributed by atoms with Crippen molar-refractivity contribution in [3.05, 3.63) is 29.3 Å². The van der Waals surface area contributed by atoms with E-state index in [1.807, 2.05) is 17.2 Å². The Hall–Kier alpha value is -1.11. The number of para-hydroxylation sites is 1. The highest BCUT2D eigenvalue weighted by Crippen LogP contribution is 2.23. The monoisotopic (exact) mass is 335 g/mol. The molecule has 2 heterocycles. The second-order valence-electron chi connectivity index (χ2n) is 5.48. The van der Waals surface area contributed by atoms with Crippen LogP contribution in [0.5, 0.6) is 0 Å². The quantitative estimate of drug-likeness (QED) is 0.842. The molecule has 0 bridgehead atoms. The number of piperazine rings is 1. The van der Waals surface area contributed by atoms with E-state index in [-0.39, 0.29) is 0 Å².